The predicted molar refractivity (Wildman–Crippen MR) is 57.7 cm³/mol. The molecule has 0 radical (unpaired) electrons. The lowest BCUT2D eigenvalue weighted by molar-refractivity contribution is -0.109. The van der Waals surface area contributed by atoms with Crippen LogP contribution in [0.1, 0.15) is 13.3 Å². The minimum absolute atomic E-state index is 0.0330. The highest BCUT2D eigenvalue weighted by atomic mass is 16.5. The number of carbonyl (C=O) groups is 1. The van der Waals surface area contributed by atoms with Crippen LogP contribution in [0.2, 0.25) is 0 Å². The van der Waals surface area contributed by atoms with Gasteiger partial charge in [-0.05, 0) is 13.0 Å². The fourth-order valence-corrected chi connectivity index (χ4v) is 0.854. The fraction of sp³-hybridized carbons (Fsp3) is 0.364. The Kier molecular flexibility index (Phi) is 7.23. The molecular weight excluding hydrogens is 178 g/mol. The number of nitrogens with one attached hydrogen (secondary N) is 1. The molecule has 14 heavy (non-hydrogen) atoms. The highest BCUT2D eigenvalue weighted by Crippen LogP contribution is 2.02. The van der Waals surface area contributed by atoms with Gasteiger partial charge in [-0.15, -0.1) is 6.58 Å². The molecule has 0 aromatic heterocycles. The van der Waals surface area contributed by atoms with Gasteiger partial charge in [-0.3, -0.25) is 4.79 Å². The van der Waals surface area contributed by atoms with Gasteiger partial charge in [0.05, 0.1) is 12.9 Å². The molecule has 0 fully saturated rings. The van der Waals surface area contributed by atoms with Crippen molar-refractivity contribution in [2.75, 3.05) is 7.11 Å². The summed E-state index contributed by atoms with van der Waals surface area (Å²) in [4.78, 5) is 10.1. The first-order valence-electron chi connectivity index (χ1n) is 4.46. The second-order valence-corrected chi connectivity index (χ2v) is 2.79. The summed E-state index contributed by atoms with van der Waals surface area (Å²) in [5.41, 5.74) is 0. The third-order valence-electron chi connectivity index (χ3n) is 1.62. The first-order valence-corrected chi connectivity index (χ1v) is 4.46. The molecule has 0 aliphatic heterocycles. The second kappa shape index (κ2) is 8.10. The van der Waals surface area contributed by atoms with Gasteiger partial charge in [0.25, 0.3) is 0 Å². The molecule has 1 N–H and O–H groups in total. The molecule has 3 nitrogen and oxygen atoms in total. The summed E-state index contributed by atoms with van der Waals surface area (Å²) in [6.07, 6.45) is 8.73. The van der Waals surface area contributed by atoms with E-state index in [2.05, 4.69) is 11.9 Å². The predicted octanol–water partition coefficient (Wildman–Crippen LogP) is 1.78. The van der Waals surface area contributed by atoms with Gasteiger partial charge in [0.2, 0.25) is 6.41 Å². The van der Waals surface area contributed by atoms with E-state index in [0.717, 1.165) is 5.76 Å². The largest absolute Gasteiger partial charge is 0.501 e. The zero-order valence-electron chi connectivity index (χ0n) is 8.69. The van der Waals surface area contributed by atoms with Crippen molar-refractivity contribution in [1.82, 2.24) is 5.32 Å². The van der Waals surface area contributed by atoms with Gasteiger partial charge in [0, 0.05) is 12.5 Å². The van der Waals surface area contributed by atoms with E-state index in [1.807, 2.05) is 25.2 Å². The zero-order valence-corrected chi connectivity index (χ0v) is 8.69. The Morgan fingerprint density at radius 2 is 2.36 bits per heavy atom. The summed E-state index contributed by atoms with van der Waals surface area (Å²) in [7, 11) is 1.62. The number of hydrogen-bond acceptors (Lipinski definition) is 2. The van der Waals surface area contributed by atoms with Crippen molar-refractivity contribution in [1.29, 1.82) is 0 Å². The van der Waals surface area contributed by atoms with Crippen molar-refractivity contribution in [3.8, 4) is 0 Å². The third-order valence-corrected chi connectivity index (χ3v) is 1.62. The molecule has 0 aromatic rings. The summed E-state index contributed by atoms with van der Waals surface area (Å²) in [6, 6.07) is 0.0330. The maximum Gasteiger partial charge on any atom is 0.207 e. The lowest BCUT2D eigenvalue weighted by atomic mass is 10.2. The molecule has 0 saturated carbocycles. The zero-order chi connectivity index (χ0) is 10.8. The van der Waals surface area contributed by atoms with Gasteiger partial charge in [-0.1, -0.05) is 18.2 Å². The topological polar surface area (TPSA) is 38.3 Å². The molecule has 78 valence electrons. The van der Waals surface area contributed by atoms with Gasteiger partial charge >= 0.3 is 0 Å². The lowest BCUT2D eigenvalue weighted by Crippen LogP contribution is -2.21. The van der Waals surface area contributed by atoms with E-state index in [1.54, 1.807) is 13.2 Å². The van der Waals surface area contributed by atoms with E-state index in [4.69, 9.17) is 4.74 Å². The van der Waals surface area contributed by atoms with Crippen LogP contribution in [0.4, 0.5) is 0 Å². The van der Waals surface area contributed by atoms with E-state index < -0.39 is 0 Å². The van der Waals surface area contributed by atoms with Crippen LogP contribution in [0.5, 0.6) is 0 Å². The number of ether oxygens (including phenoxy) is 1. The monoisotopic (exact) mass is 195 g/mol. The molecule has 0 aliphatic carbocycles. The Hall–Kier alpha value is -1.51. The summed E-state index contributed by atoms with van der Waals surface area (Å²) in [5.74, 6) is 0.842. The van der Waals surface area contributed by atoms with Gasteiger partial charge in [-0.2, -0.15) is 0 Å². The van der Waals surface area contributed by atoms with Crippen LogP contribution < -0.4 is 5.32 Å². The molecule has 0 heterocycles. The van der Waals surface area contributed by atoms with Crippen LogP contribution in [0.3, 0.4) is 0 Å². The van der Waals surface area contributed by atoms with Gasteiger partial charge in [0.1, 0.15) is 0 Å². The van der Waals surface area contributed by atoms with E-state index in [0.29, 0.717) is 12.8 Å². The Morgan fingerprint density at radius 1 is 1.64 bits per heavy atom. The van der Waals surface area contributed by atoms with Crippen LogP contribution in [-0.4, -0.2) is 19.6 Å². The highest BCUT2D eigenvalue weighted by molar-refractivity contribution is 5.47. The number of amides is 1. The fourth-order valence-electron chi connectivity index (χ4n) is 0.854. The van der Waals surface area contributed by atoms with E-state index in [9.17, 15) is 4.79 Å². The van der Waals surface area contributed by atoms with Gasteiger partial charge in [-0.25, -0.2) is 0 Å². The average Bonchev–Trinajstić information content (AvgIpc) is 2.17. The maximum atomic E-state index is 10.1. The molecule has 0 bridgehead atoms. The standard InChI is InChI=1S/C11H17NO2/c1-4-6-11(14-3)8-5-7-10(2)12-9-13/h4-5,7-10H,1,6H2,2-3H3,(H,12,13)/b7-5-,11-8+. The van der Waals surface area contributed by atoms with Crippen LogP contribution in [0, 0.1) is 0 Å². The Bertz CT molecular complexity index is 231. The van der Waals surface area contributed by atoms with Gasteiger partial charge < -0.3 is 10.1 Å². The van der Waals surface area contributed by atoms with Crippen LogP contribution >= 0.6 is 0 Å². The number of methoxy groups -OCH3 is 1. The Labute approximate surface area is 85.1 Å². The lowest BCUT2D eigenvalue weighted by Gasteiger charge is -2.02. The summed E-state index contributed by atoms with van der Waals surface area (Å²) in [6.45, 7) is 5.51. The van der Waals surface area contributed by atoms with Crippen molar-refractivity contribution >= 4 is 6.41 Å². The number of hydrogen-bond donors (Lipinski definition) is 1. The summed E-state index contributed by atoms with van der Waals surface area (Å²) < 4.78 is 5.08. The summed E-state index contributed by atoms with van der Waals surface area (Å²) in [5, 5.41) is 2.61. The molecule has 1 unspecified atom stereocenters. The molecule has 3 heteroatoms. The molecule has 0 spiro atoms. The second-order valence-electron chi connectivity index (χ2n) is 2.79. The van der Waals surface area contributed by atoms with E-state index in [1.165, 1.54) is 0 Å². The van der Waals surface area contributed by atoms with Crippen molar-refractivity contribution in [3.05, 3.63) is 36.6 Å². The third kappa shape index (κ3) is 6.06. The normalized spacial score (nSPS) is 13.7. The SMILES string of the molecule is C=CC/C(=C\C=C/C(C)NC=O)OC. The summed E-state index contributed by atoms with van der Waals surface area (Å²) >= 11 is 0. The molecule has 0 saturated heterocycles. The van der Waals surface area contributed by atoms with E-state index in [-0.39, 0.29) is 6.04 Å². The van der Waals surface area contributed by atoms with Crippen LogP contribution in [0.15, 0.2) is 36.6 Å². The molecule has 0 aromatic carbocycles. The number of rotatable bonds is 7. The molecule has 1 amide bonds. The number of allylic oxidation sites excluding steroid dienone is 3. The quantitative estimate of drug-likeness (QED) is 0.291. The van der Waals surface area contributed by atoms with Crippen molar-refractivity contribution in [2.45, 2.75) is 19.4 Å². The molecule has 0 rings (SSSR count). The minimum Gasteiger partial charge on any atom is -0.501 e. The maximum absolute atomic E-state index is 10.1. The molecule has 0 aliphatic rings. The smallest absolute Gasteiger partial charge is 0.207 e. The molecule has 1 atom stereocenters. The van der Waals surface area contributed by atoms with Crippen LogP contribution in [0.25, 0.3) is 0 Å². The van der Waals surface area contributed by atoms with Crippen molar-refractivity contribution in [3.63, 3.8) is 0 Å². The average molecular weight is 195 g/mol. The van der Waals surface area contributed by atoms with Crippen molar-refractivity contribution < 1.29 is 9.53 Å². The van der Waals surface area contributed by atoms with Crippen molar-refractivity contribution in [2.24, 2.45) is 0 Å². The number of carbonyl (C=O) groups excluding carboxylic acids is 1. The Balaban J connectivity index is 4.07. The highest BCUT2D eigenvalue weighted by Gasteiger charge is 1.91. The van der Waals surface area contributed by atoms with Gasteiger partial charge in [0.15, 0.2) is 0 Å². The molecular formula is C11H17NO2. The first-order chi connectivity index (χ1) is 6.74. The minimum atomic E-state index is 0.0330. The van der Waals surface area contributed by atoms with Crippen LogP contribution in [-0.2, 0) is 9.53 Å². The van der Waals surface area contributed by atoms with E-state index >= 15 is 0 Å². The first kappa shape index (κ1) is 12.5. The Morgan fingerprint density at radius 3 is 2.86 bits per heavy atom.